The number of hydrogen-bond acceptors (Lipinski definition) is 0. The maximum atomic E-state index is 0. The van der Waals surface area contributed by atoms with Crippen LogP contribution in [-0.2, 0) is 0 Å². The molecular weight excluding hydrogens is 228 g/mol. The van der Waals surface area contributed by atoms with Crippen molar-refractivity contribution in [3.63, 3.8) is 0 Å². The molecule has 4 heavy (non-hydrogen) atoms. The van der Waals surface area contributed by atoms with Gasteiger partial charge in [-0.15, -0.1) is 0 Å². The van der Waals surface area contributed by atoms with Crippen LogP contribution in [0.25, 0.3) is 0 Å². The molecule has 4 heteroatoms. The van der Waals surface area contributed by atoms with Crippen molar-refractivity contribution in [1.29, 1.82) is 0 Å². The van der Waals surface area contributed by atoms with Crippen molar-refractivity contribution in [1.82, 2.24) is 0 Å². The van der Waals surface area contributed by atoms with Crippen LogP contribution in [0.2, 0.25) is 0 Å². The van der Waals surface area contributed by atoms with Gasteiger partial charge in [0, 0.05) is 0 Å². The second kappa shape index (κ2) is 15.7. The molecule has 0 saturated carbocycles. The molecule has 0 radical (unpaired) electrons. The van der Waals surface area contributed by atoms with Crippen molar-refractivity contribution in [2.75, 3.05) is 0 Å². The molecule has 0 nitrogen and oxygen atoms in total. The van der Waals surface area contributed by atoms with Gasteiger partial charge in [0.15, 0.2) is 0 Å². The van der Waals surface area contributed by atoms with Crippen LogP contribution in [0.4, 0.5) is 0 Å². The predicted molar refractivity (Wildman–Crippen MR) is 28.4 cm³/mol. The summed E-state index contributed by atoms with van der Waals surface area (Å²) in [5, 5.41) is 0. The number of hydrogen-bond donors (Lipinski definition) is 0. The predicted octanol–water partition coefficient (Wildman–Crippen LogP) is -4.65. The van der Waals surface area contributed by atoms with Crippen LogP contribution in [-0.4, -0.2) is 97.6 Å². The molecule has 0 saturated heterocycles. The van der Waals surface area contributed by atoms with Crippen LogP contribution in [0.3, 0.4) is 0 Å². The normalized spacial score (nSPS) is 0. The van der Waals surface area contributed by atoms with E-state index in [1.54, 1.807) is 0 Å². The van der Waals surface area contributed by atoms with Gasteiger partial charge in [0.05, 0.1) is 0 Å². The molecule has 0 fully saturated rings. The van der Waals surface area contributed by atoms with Crippen molar-refractivity contribution in [2.24, 2.45) is 0 Å². The molecule has 0 aliphatic rings. The summed E-state index contributed by atoms with van der Waals surface area (Å²) in [7, 11) is 0. The first-order valence-electron chi connectivity index (χ1n) is 0. The average molecular weight is 238 g/mol. The summed E-state index contributed by atoms with van der Waals surface area (Å²) in [6.45, 7) is 0. The molecule has 0 bridgehead atoms. The van der Waals surface area contributed by atoms with Crippen LogP contribution < -0.4 is 29.6 Å². The van der Waals surface area contributed by atoms with Gasteiger partial charge in [-0.05, 0) is 11.0 Å². The van der Waals surface area contributed by atoms with E-state index >= 15 is 0 Å². The average Bonchev–Trinajstić information content (AvgIpc) is 0. The van der Waals surface area contributed by atoms with Gasteiger partial charge in [-0.2, -0.15) is 0 Å². The number of rotatable bonds is 0. The second-order valence-electron chi connectivity index (χ2n) is 0. The van der Waals surface area contributed by atoms with E-state index in [1.807, 2.05) is 0 Å². The third kappa shape index (κ3) is 9.41. The fourth-order valence-electron chi connectivity index (χ4n) is 0. The molecule has 0 N–H and O–H groups in total. The zero-order valence-corrected chi connectivity index (χ0v) is 11.1. The molecule has 0 aliphatic carbocycles. The largest absolute Gasteiger partial charge is 2.00 e. The smallest absolute Gasteiger partial charge is 1.00 e. The molecule has 0 unspecified atom stereocenters. The molecule has 0 amide bonds. The van der Waals surface area contributed by atoms with Gasteiger partial charge in [0.2, 0.25) is 0 Å². The maximum absolute atomic E-state index is 0. The topological polar surface area (TPSA) is 0 Å². The fraction of sp³-hybridized carbons (Fsp3) is 0. The minimum absolute atomic E-state index is 0. The first kappa shape index (κ1) is 24.4. The molecule has 0 aliphatic heterocycles. The van der Waals surface area contributed by atoms with Crippen molar-refractivity contribution in [2.45, 2.75) is 0 Å². The van der Waals surface area contributed by atoms with Crippen LogP contribution in [0, 0.1) is 0 Å². The van der Waals surface area contributed by atoms with E-state index in [-0.39, 0.29) is 134 Å². The van der Waals surface area contributed by atoms with Gasteiger partial charge in [0.25, 0.3) is 0 Å². The Morgan fingerprint density at radius 2 is 1.25 bits per heavy atom. The summed E-state index contributed by atoms with van der Waals surface area (Å²) in [5.74, 6) is 0. The van der Waals surface area contributed by atoms with Gasteiger partial charge in [-0.1, -0.05) is 0 Å². The van der Waals surface area contributed by atoms with Crippen LogP contribution in [0.1, 0.15) is 7.13 Å². The summed E-state index contributed by atoms with van der Waals surface area (Å²) >= 11 is 0. The van der Waals surface area contributed by atoms with E-state index in [0.717, 1.165) is 0 Å². The van der Waals surface area contributed by atoms with Crippen LogP contribution in [0.5, 0.6) is 0 Å². The Bertz CT molecular complexity index is 16.9. The maximum Gasteiger partial charge on any atom is 2.00 e. The molecule has 0 heterocycles. The minimum atomic E-state index is 0. The third-order valence-corrected chi connectivity index (χ3v) is 0. The van der Waals surface area contributed by atoms with E-state index in [9.17, 15) is 0 Å². The Hall–Kier alpha value is 4.05. The molecule has 0 rings (SSSR count). The van der Waals surface area contributed by atoms with E-state index in [4.69, 9.17) is 0 Å². The molecule has 0 atom stereocenters. The van der Waals surface area contributed by atoms with Gasteiger partial charge in [-0.25, -0.2) is 0 Å². The molecule has 0 spiro atoms. The van der Waals surface area contributed by atoms with Crippen LogP contribution in [0.15, 0.2) is 0 Å². The van der Waals surface area contributed by atoms with Gasteiger partial charge >= 0.3 is 116 Å². The Morgan fingerprint density at radius 1 is 1.25 bits per heavy atom. The zero-order chi connectivity index (χ0) is 0. The minimum Gasteiger partial charge on any atom is -1.00 e. The van der Waals surface area contributed by atoms with Crippen molar-refractivity contribution in [3.05, 3.63) is 0 Å². The van der Waals surface area contributed by atoms with Crippen molar-refractivity contribution >= 4 is 97.6 Å². The summed E-state index contributed by atoms with van der Waals surface area (Å²) in [4.78, 5) is 0. The quantitative estimate of drug-likeness (QED) is 0.372. The molecule has 0 aromatic heterocycles. The standard InChI is InChI=1S/Ba.Ca.Na.H4Si.5H/h;;;1H4;;;;;/q2*+2;+1;;5*-1. The summed E-state index contributed by atoms with van der Waals surface area (Å²) < 4.78 is 0. The van der Waals surface area contributed by atoms with E-state index in [2.05, 4.69) is 0 Å². The summed E-state index contributed by atoms with van der Waals surface area (Å²) in [5.41, 5.74) is 0. The Balaban J connectivity index is 0. The second-order valence-corrected chi connectivity index (χ2v) is 0. The van der Waals surface area contributed by atoms with Crippen LogP contribution >= 0.6 is 0 Å². The monoisotopic (exact) mass is 238 g/mol. The first-order valence-corrected chi connectivity index (χ1v) is 0. The van der Waals surface area contributed by atoms with E-state index in [0.29, 0.717) is 0 Å². The third-order valence-electron chi connectivity index (χ3n) is 0. The molecule has 0 aromatic carbocycles. The Morgan fingerprint density at radius 3 is 1.25 bits per heavy atom. The molecule has 18 valence electrons. The first-order chi connectivity index (χ1) is 0. The van der Waals surface area contributed by atoms with E-state index < -0.39 is 0 Å². The summed E-state index contributed by atoms with van der Waals surface area (Å²) in [6, 6.07) is 0. The van der Waals surface area contributed by atoms with Crippen molar-refractivity contribution in [3.8, 4) is 0 Å². The fourth-order valence-corrected chi connectivity index (χ4v) is 0. The van der Waals surface area contributed by atoms with Gasteiger partial charge < -0.3 is 7.13 Å². The molecular formula is H9BaCaNaSi. The SMILES string of the molecule is [Ba+2].[Ca+2].[H-].[H-].[H-].[H-].[H-].[Na+].[SiH4]. The van der Waals surface area contributed by atoms with E-state index in [1.165, 1.54) is 0 Å². The molecule has 0 aromatic rings. The summed E-state index contributed by atoms with van der Waals surface area (Å²) in [6.07, 6.45) is 0. The van der Waals surface area contributed by atoms with Gasteiger partial charge in [0.1, 0.15) is 0 Å². The Kier molecular flexibility index (Phi) is 96.0. The van der Waals surface area contributed by atoms with Gasteiger partial charge in [-0.3, -0.25) is 0 Å². The Labute approximate surface area is 131 Å². The zero-order valence-electron chi connectivity index (χ0n) is 7.41. The van der Waals surface area contributed by atoms with Crippen molar-refractivity contribution < 1.29 is 36.7 Å².